The van der Waals surface area contributed by atoms with E-state index in [1.165, 1.54) is 0 Å². The Morgan fingerprint density at radius 1 is 1.18 bits per heavy atom. The van der Waals surface area contributed by atoms with Crippen LogP contribution in [0.4, 0.5) is 5.69 Å². The van der Waals surface area contributed by atoms with Gasteiger partial charge in [-0.2, -0.15) is 0 Å². The Balaban J connectivity index is 1.63. The fourth-order valence-corrected chi connectivity index (χ4v) is 3.28. The maximum absolute atomic E-state index is 12.5. The number of oxazole rings is 1. The number of hydrogen-bond acceptors (Lipinski definition) is 4. The highest BCUT2D eigenvalue weighted by Gasteiger charge is 2.15. The number of nitrogens with zero attached hydrogens (tertiary/aromatic N) is 2. The standard InChI is InChI=1S/C21H21Cl2N3O2/c1-2-10-26(13-20(27)25-18-9-8-16(22)11-17(18)23)14-21-24-12-19(28-21)15-6-4-3-5-7-15/h3-9,11-12H,2,10,13-14H2,1H3,(H,25,27). The van der Waals surface area contributed by atoms with Crippen molar-refractivity contribution in [1.82, 2.24) is 9.88 Å². The molecular weight excluding hydrogens is 397 g/mol. The Labute approximate surface area is 174 Å². The van der Waals surface area contributed by atoms with Gasteiger partial charge in [0.15, 0.2) is 5.76 Å². The molecule has 3 aromatic rings. The van der Waals surface area contributed by atoms with Crippen molar-refractivity contribution in [1.29, 1.82) is 0 Å². The summed E-state index contributed by atoms with van der Waals surface area (Å²) in [4.78, 5) is 18.8. The molecule has 0 saturated carbocycles. The molecule has 1 heterocycles. The fourth-order valence-electron chi connectivity index (χ4n) is 2.82. The normalized spacial score (nSPS) is 11.0. The lowest BCUT2D eigenvalue weighted by Crippen LogP contribution is -2.33. The molecule has 28 heavy (non-hydrogen) atoms. The zero-order valence-corrected chi connectivity index (χ0v) is 17.0. The maximum atomic E-state index is 12.5. The van der Waals surface area contributed by atoms with E-state index in [0.717, 1.165) is 18.5 Å². The van der Waals surface area contributed by atoms with E-state index in [2.05, 4.69) is 17.2 Å². The highest BCUT2D eigenvalue weighted by Crippen LogP contribution is 2.25. The van der Waals surface area contributed by atoms with Gasteiger partial charge < -0.3 is 9.73 Å². The van der Waals surface area contributed by atoms with Crippen LogP contribution in [0, 0.1) is 0 Å². The summed E-state index contributed by atoms with van der Waals surface area (Å²) in [5.41, 5.74) is 1.51. The van der Waals surface area contributed by atoms with Crippen molar-refractivity contribution < 1.29 is 9.21 Å². The number of halogens is 2. The molecule has 0 unspecified atom stereocenters. The summed E-state index contributed by atoms with van der Waals surface area (Å²) in [6.45, 7) is 3.45. The first-order valence-electron chi connectivity index (χ1n) is 9.02. The van der Waals surface area contributed by atoms with Gasteiger partial charge in [0.05, 0.1) is 30.0 Å². The van der Waals surface area contributed by atoms with Gasteiger partial charge in [0.1, 0.15) is 0 Å². The monoisotopic (exact) mass is 417 g/mol. The van der Waals surface area contributed by atoms with Crippen LogP contribution in [0.3, 0.4) is 0 Å². The van der Waals surface area contributed by atoms with E-state index < -0.39 is 0 Å². The molecule has 0 atom stereocenters. The zero-order chi connectivity index (χ0) is 19.9. The molecular formula is C21H21Cl2N3O2. The molecule has 0 fully saturated rings. The number of carbonyl (C=O) groups is 1. The van der Waals surface area contributed by atoms with E-state index in [9.17, 15) is 4.79 Å². The van der Waals surface area contributed by atoms with Gasteiger partial charge >= 0.3 is 0 Å². The lowest BCUT2D eigenvalue weighted by Gasteiger charge is -2.19. The van der Waals surface area contributed by atoms with E-state index in [1.54, 1.807) is 24.4 Å². The Kier molecular flexibility index (Phi) is 7.09. The molecule has 0 aliphatic heterocycles. The van der Waals surface area contributed by atoms with Gasteiger partial charge in [0.2, 0.25) is 11.8 Å². The minimum absolute atomic E-state index is 0.160. The molecule has 0 bridgehead atoms. The third-order valence-corrected chi connectivity index (χ3v) is 4.63. The molecule has 0 spiro atoms. The second-order valence-electron chi connectivity index (χ2n) is 6.37. The number of benzene rings is 2. The SMILES string of the molecule is CCCN(CC(=O)Nc1ccc(Cl)cc1Cl)Cc1ncc(-c2ccccc2)o1. The number of anilines is 1. The average Bonchev–Trinajstić information content (AvgIpc) is 3.13. The maximum Gasteiger partial charge on any atom is 0.238 e. The number of amides is 1. The van der Waals surface area contributed by atoms with Crippen molar-refractivity contribution in [2.45, 2.75) is 19.9 Å². The molecule has 5 nitrogen and oxygen atoms in total. The molecule has 2 aromatic carbocycles. The molecule has 3 rings (SSSR count). The summed E-state index contributed by atoms with van der Waals surface area (Å²) in [5.74, 6) is 1.13. The Bertz CT molecular complexity index is 928. The quantitative estimate of drug-likeness (QED) is 0.525. The predicted octanol–water partition coefficient (Wildman–Crippen LogP) is 5.50. The Morgan fingerprint density at radius 2 is 1.96 bits per heavy atom. The fraction of sp³-hybridized carbons (Fsp3) is 0.238. The highest BCUT2D eigenvalue weighted by atomic mass is 35.5. The van der Waals surface area contributed by atoms with Crippen LogP contribution in [0.25, 0.3) is 11.3 Å². The largest absolute Gasteiger partial charge is 0.439 e. The third-order valence-electron chi connectivity index (χ3n) is 4.08. The molecule has 0 aliphatic rings. The van der Waals surface area contributed by atoms with Crippen molar-refractivity contribution in [3.63, 3.8) is 0 Å². The predicted molar refractivity (Wildman–Crippen MR) is 113 cm³/mol. The van der Waals surface area contributed by atoms with Crippen LogP contribution in [0.5, 0.6) is 0 Å². The van der Waals surface area contributed by atoms with Crippen molar-refractivity contribution in [3.05, 3.63) is 70.7 Å². The van der Waals surface area contributed by atoms with Crippen molar-refractivity contribution in [2.24, 2.45) is 0 Å². The molecule has 7 heteroatoms. The topological polar surface area (TPSA) is 58.4 Å². The van der Waals surface area contributed by atoms with Crippen LogP contribution in [0.1, 0.15) is 19.2 Å². The minimum Gasteiger partial charge on any atom is -0.439 e. The van der Waals surface area contributed by atoms with Gasteiger partial charge in [-0.1, -0.05) is 60.5 Å². The summed E-state index contributed by atoms with van der Waals surface area (Å²) < 4.78 is 5.86. The first-order chi connectivity index (χ1) is 13.5. The van der Waals surface area contributed by atoms with E-state index in [-0.39, 0.29) is 12.5 Å². The lowest BCUT2D eigenvalue weighted by atomic mass is 10.2. The van der Waals surface area contributed by atoms with Crippen molar-refractivity contribution in [2.75, 3.05) is 18.4 Å². The molecule has 1 aromatic heterocycles. The van der Waals surface area contributed by atoms with Crippen LogP contribution in [-0.2, 0) is 11.3 Å². The first kappa shape index (κ1) is 20.4. The summed E-state index contributed by atoms with van der Waals surface area (Å²) in [5, 5.41) is 3.75. The van der Waals surface area contributed by atoms with E-state index in [0.29, 0.717) is 33.9 Å². The highest BCUT2D eigenvalue weighted by molar-refractivity contribution is 6.36. The van der Waals surface area contributed by atoms with Gasteiger partial charge in [-0.3, -0.25) is 9.69 Å². The number of aromatic nitrogens is 1. The van der Waals surface area contributed by atoms with E-state index >= 15 is 0 Å². The van der Waals surface area contributed by atoms with Crippen LogP contribution >= 0.6 is 23.2 Å². The number of nitrogens with one attached hydrogen (secondary N) is 1. The average molecular weight is 418 g/mol. The van der Waals surface area contributed by atoms with Crippen molar-refractivity contribution in [3.8, 4) is 11.3 Å². The molecule has 146 valence electrons. The van der Waals surface area contributed by atoms with Crippen LogP contribution in [0.2, 0.25) is 10.0 Å². The number of rotatable bonds is 8. The minimum atomic E-state index is -0.160. The van der Waals surface area contributed by atoms with Crippen LogP contribution in [0.15, 0.2) is 59.1 Å². The number of hydrogen-bond donors (Lipinski definition) is 1. The summed E-state index contributed by atoms with van der Waals surface area (Å²) in [7, 11) is 0. The Morgan fingerprint density at radius 3 is 2.68 bits per heavy atom. The smallest absolute Gasteiger partial charge is 0.238 e. The molecule has 1 amide bonds. The number of carbonyl (C=O) groups excluding carboxylic acids is 1. The summed E-state index contributed by atoms with van der Waals surface area (Å²) in [6, 6.07) is 14.8. The first-order valence-corrected chi connectivity index (χ1v) is 9.78. The Hall–Kier alpha value is -2.34. The van der Waals surface area contributed by atoms with Gasteiger partial charge in [0, 0.05) is 10.6 Å². The summed E-state index contributed by atoms with van der Waals surface area (Å²) >= 11 is 12.0. The molecule has 1 N–H and O–H groups in total. The summed E-state index contributed by atoms with van der Waals surface area (Å²) in [6.07, 6.45) is 2.61. The molecule has 0 radical (unpaired) electrons. The van der Waals surface area contributed by atoms with Crippen molar-refractivity contribution >= 4 is 34.8 Å². The van der Waals surface area contributed by atoms with Gasteiger partial charge in [0.25, 0.3) is 0 Å². The molecule has 0 saturated heterocycles. The van der Waals surface area contributed by atoms with Gasteiger partial charge in [-0.15, -0.1) is 0 Å². The third kappa shape index (κ3) is 5.58. The second kappa shape index (κ2) is 9.73. The van der Waals surface area contributed by atoms with Gasteiger partial charge in [-0.25, -0.2) is 4.98 Å². The van der Waals surface area contributed by atoms with Crippen LogP contribution < -0.4 is 5.32 Å². The van der Waals surface area contributed by atoms with Crippen LogP contribution in [-0.4, -0.2) is 28.9 Å². The second-order valence-corrected chi connectivity index (χ2v) is 7.21. The molecule has 0 aliphatic carbocycles. The lowest BCUT2D eigenvalue weighted by molar-refractivity contribution is -0.117. The van der Waals surface area contributed by atoms with E-state index in [1.807, 2.05) is 35.2 Å². The van der Waals surface area contributed by atoms with Gasteiger partial charge in [-0.05, 0) is 31.2 Å². The zero-order valence-electron chi connectivity index (χ0n) is 15.5. The van der Waals surface area contributed by atoms with E-state index in [4.69, 9.17) is 27.6 Å².